The van der Waals surface area contributed by atoms with Gasteiger partial charge in [-0.1, -0.05) is 0 Å². The van der Waals surface area contributed by atoms with Gasteiger partial charge in [-0.15, -0.1) is 0 Å². The minimum absolute atomic E-state index is 0.568. The lowest BCUT2D eigenvalue weighted by Crippen LogP contribution is -2.27. The molecule has 1 saturated carbocycles. The summed E-state index contributed by atoms with van der Waals surface area (Å²) in [5, 5.41) is 3.44. The molecule has 1 saturated heterocycles. The molecule has 2 atom stereocenters. The molecule has 0 amide bonds. The lowest BCUT2D eigenvalue weighted by Gasteiger charge is -2.23. The Bertz CT molecular complexity index is 178. The van der Waals surface area contributed by atoms with Gasteiger partial charge in [0.25, 0.3) is 0 Å². The molecule has 0 radical (unpaired) electrons. The summed E-state index contributed by atoms with van der Waals surface area (Å²) >= 11 is 0. The lowest BCUT2D eigenvalue weighted by atomic mass is 9.96. The molecule has 1 aliphatic carbocycles. The quantitative estimate of drug-likeness (QED) is 0.671. The summed E-state index contributed by atoms with van der Waals surface area (Å²) in [5.41, 5.74) is 0.568. The Morgan fingerprint density at radius 1 is 1.57 bits per heavy atom. The number of hydrogen-bond acceptors (Lipinski definition) is 3. The Morgan fingerprint density at radius 3 is 3.21 bits per heavy atom. The van der Waals surface area contributed by atoms with Gasteiger partial charge in [0.15, 0.2) is 0 Å². The molecule has 2 aliphatic rings. The molecule has 14 heavy (non-hydrogen) atoms. The molecule has 0 aromatic rings. The average Bonchev–Trinajstić information content (AvgIpc) is 2.87. The van der Waals surface area contributed by atoms with E-state index in [1.807, 2.05) is 0 Å². The maximum Gasteiger partial charge on any atom is 0.0587 e. The molecule has 0 aromatic carbocycles. The molecule has 3 nitrogen and oxygen atoms in total. The van der Waals surface area contributed by atoms with E-state index in [2.05, 4.69) is 5.32 Å². The topological polar surface area (TPSA) is 30.5 Å². The molecule has 1 N–H and O–H groups in total. The Morgan fingerprint density at radius 2 is 2.50 bits per heavy atom. The van der Waals surface area contributed by atoms with Crippen molar-refractivity contribution < 1.29 is 9.47 Å². The third-order valence-electron chi connectivity index (χ3n) is 3.59. The molecule has 0 aromatic heterocycles. The fraction of sp³-hybridized carbons (Fsp3) is 1.00. The van der Waals surface area contributed by atoms with Gasteiger partial charge in [-0.25, -0.2) is 0 Å². The largest absolute Gasteiger partial charge is 0.383 e. The molecule has 0 bridgehead atoms. The van der Waals surface area contributed by atoms with Gasteiger partial charge >= 0.3 is 0 Å². The zero-order valence-corrected chi connectivity index (χ0v) is 9.05. The highest BCUT2D eigenvalue weighted by Crippen LogP contribution is 2.56. The number of hydrogen-bond donors (Lipinski definition) is 1. The van der Waals surface area contributed by atoms with E-state index in [-0.39, 0.29) is 0 Å². The minimum atomic E-state index is 0.568. The first kappa shape index (κ1) is 10.4. The van der Waals surface area contributed by atoms with Gasteiger partial charge in [0.1, 0.15) is 0 Å². The molecule has 82 valence electrons. The van der Waals surface area contributed by atoms with Crippen LogP contribution in [0.1, 0.15) is 19.3 Å². The third-order valence-corrected chi connectivity index (χ3v) is 3.59. The van der Waals surface area contributed by atoms with Crippen molar-refractivity contribution in [1.82, 2.24) is 5.32 Å². The van der Waals surface area contributed by atoms with Crippen molar-refractivity contribution in [2.24, 2.45) is 11.3 Å². The Labute approximate surface area is 86.2 Å². The van der Waals surface area contributed by atoms with Crippen LogP contribution in [-0.2, 0) is 9.47 Å². The summed E-state index contributed by atoms with van der Waals surface area (Å²) in [6, 6.07) is 0. The SMILES string of the molecule is COCCNCC1CC12CCCOC2. The van der Waals surface area contributed by atoms with Crippen molar-refractivity contribution in [3.63, 3.8) is 0 Å². The zero-order chi connectivity index (χ0) is 9.86. The highest BCUT2D eigenvalue weighted by Gasteiger charge is 2.53. The van der Waals surface area contributed by atoms with E-state index in [1.54, 1.807) is 7.11 Å². The summed E-state index contributed by atoms with van der Waals surface area (Å²) in [6.45, 7) is 4.92. The van der Waals surface area contributed by atoms with Gasteiger partial charge in [0, 0.05) is 20.3 Å². The second kappa shape index (κ2) is 4.60. The second-order valence-electron chi connectivity index (χ2n) is 4.62. The molecule has 1 aliphatic heterocycles. The van der Waals surface area contributed by atoms with E-state index in [4.69, 9.17) is 9.47 Å². The van der Waals surface area contributed by atoms with E-state index in [1.165, 1.54) is 19.3 Å². The first-order chi connectivity index (χ1) is 6.87. The van der Waals surface area contributed by atoms with Crippen LogP contribution >= 0.6 is 0 Å². The van der Waals surface area contributed by atoms with Crippen molar-refractivity contribution in [3.8, 4) is 0 Å². The molecule has 2 unspecified atom stereocenters. The van der Waals surface area contributed by atoms with E-state index < -0.39 is 0 Å². The number of rotatable bonds is 5. The van der Waals surface area contributed by atoms with Crippen LogP contribution in [0.3, 0.4) is 0 Å². The third kappa shape index (κ3) is 2.27. The molecule has 1 heterocycles. The predicted molar refractivity (Wildman–Crippen MR) is 55.3 cm³/mol. The first-order valence-corrected chi connectivity index (χ1v) is 5.65. The number of methoxy groups -OCH3 is 1. The van der Waals surface area contributed by atoms with Crippen molar-refractivity contribution in [2.45, 2.75) is 19.3 Å². The molecular formula is C11H21NO2. The normalized spacial score (nSPS) is 36.2. The van der Waals surface area contributed by atoms with Crippen molar-refractivity contribution in [2.75, 3.05) is 40.0 Å². The predicted octanol–water partition coefficient (Wildman–Crippen LogP) is 1.04. The van der Waals surface area contributed by atoms with Gasteiger partial charge in [0.2, 0.25) is 0 Å². The number of ether oxygens (including phenoxy) is 2. The van der Waals surface area contributed by atoms with Crippen LogP contribution in [0.5, 0.6) is 0 Å². The maximum absolute atomic E-state index is 5.55. The van der Waals surface area contributed by atoms with Crippen molar-refractivity contribution >= 4 is 0 Å². The van der Waals surface area contributed by atoms with E-state index in [9.17, 15) is 0 Å². The van der Waals surface area contributed by atoms with Crippen LogP contribution in [0.4, 0.5) is 0 Å². The van der Waals surface area contributed by atoms with Crippen LogP contribution in [-0.4, -0.2) is 40.0 Å². The summed E-state index contributed by atoms with van der Waals surface area (Å²) in [7, 11) is 1.75. The van der Waals surface area contributed by atoms with Crippen LogP contribution < -0.4 is 5.32 Å². The van der Waals surface area contributed by atoms with E-state index in [0.29, 0.717) is 5.41 Å². The lowest BCUT2D eigenvalue weighted by molar-refractivity contribution is 0.0362. The van der Waals surface area contributed by atoms with Gasteiger partial charge in [0.05, 0.1) is 13.2 Å². The smallest absolute Gasteiger partial charge is 0.0587 e. The van der Waals surface area contributed by atoms with Gasteiger partial charge < -0.3 is 14.8 Å². The second-order valence-corrected chi connectivity index (χ2v) is 4.62. The van der Waals surface area contributed by atoms with Crippen LogP contribution in [0.25, 0.3) is 0 Å². The Balaban J connectivity index is 1.60. The first-order valence-electron chi connectivity index (χ1n) is 5.65. The Kier molecular flexibility index (Phi) is 3.42. The zero-order valence-electron chi connectivity index (χ0n) is 9.05. The van der Waals surface area contributed by atoms with Gasteiger partial charge in [-0.2, -0.15) is 0 Å². The maximum atomic E-state index is 5.55. The standard InChI is InChI=1S/C11H21NO2/c1-13-6-4-12-8-10-7-11(10)3-2-5-14-9-11/h10,12H,2-9H2,1H3. The molecule has 2 fully saturated rings. The number of nitrogens with one attached hydrogen (secondary N) is 1. The van der Waals surface area contributed by atoms with Gasteiger partial charge in [-0.05, 0) is 37.1 Å². The van der Waals surface area contributed by atoms with E-state index >= 15 is 0 Å². The van der Waals surface area contributed by atoms with E-state index in [0.717, 1.165) is 38.8 Å². The highest BCUT2D eigenvalue weighted by atomic mass is 16.5. The monoisotopic (exact) mass is 199 g/mol. The summed E-state index contributed by atoms with van der Waals surface area (Å²) < 4.78 is 10.5. The molecular weight excluding hydrogens is 178 g/mol. The highest BCUT2D eigenvalue weighted by molar-refractivity contribution is 5.03. The fourth-order valence-corrected chi connectivity index (χ4v) is 2.53. The van der Waals surface area contributed by atoms with Crippen LogP contribution in [0.2, 0.25) is 0 Å². The van der Waals surface area contributed by atoms with Crippen LogP contribution in [0, 0.1) is 11.3 Å². The molecule has 2 rings (SSSR count). The minimum Gasteiger partial charge on any atom is -0.383 e. The van der Waals surface area contributed by atoms with Crippen LogP contribution in [0.15, 0.2) is 0 Å². The van der Waals surface area contributed by atoms with Gasteiger partial charge in [-0.3, -0.25) is 0 Å². The average molecular weight is 199 g/mol. The fourth-order valence-electron chi connectivity index (χ4n) is 2.53. The summed E-state index contributed by atoms with van der Waals surface area (Å²) in [5.74, 6) is 0.861. The van der Waals surface area contributed by atoms with Crippen molar-refractivity contribution in [3.05, 3.63) is 0 Å². The molecule has 1 spiro atoms. The summed E-state index contributed by atoms with van der Waals surface area (Å²) in [6.07, 6.45) is 4.01. The van der Waals surface area contributed by atoms with Crippen molar-refractivity contribution in [1.29, 1.82) is 0 Å². The Hall–Kier alpha value is -0.120. The summed E-state index contributed by atoms with van der Waals surface area (Å²) in [4.78, 5) is 0. The molecule has 3 heteroatoms.